The predicted molar refractivity (Wildman–Crippen MR) is 69.9 cm³/mol. The zero-order chi connectivity index (χ0) is 18.9. The van der Waals surface area contributed by atoms with E-state index in [1.54, 1.807) is 0 Å². The van der Waals surface area contributed by atoms with Crippen molar-refractivity contribution >= 4 is 11.8 Å². The van der Waals surface area contributed by atoms with Crippen LogP contribution in [0.2, 0.25) is 0 Å². The van der Waals surface area contributed by atoms with Crippen molar-refractivity contribution in [1.82, 2.24) is 4.90 Å². The number of imide groups is 1. The third kappa shape index (κ3) is 4.62. The van der Waals surface area contributed by atoms with Crippen molar-refractivity contribution in [2.45, 2.75) is 38.2 Å². The van der Waals surface area contributed by atoms with Crippen molar-refractivity contribution in [3.8, 4) is 5.75 Å². The van der Waals surface area contributed by atoms with Gasteiger partial charge < -0.3 is 5.11 Å². The van der Waals surface area contributed by atoms with Crippen LogP contribution in [-0.4, -0.2) is 39.7 Å². The number of carbonyl (C=O) groups excluding carboxylic acids is 2. The monoisotopic (exact) mass is 357 g/mol. The SMILES string of the molecule is CC(C)(Cc1ccc(O)cc1)N(C(=O)C(F)(F)F)C(=O)C(F)(F)F. The van der Waals surface area contributed by atoms with E-state index in [4.69, 9.17) is 5.11 Å². The molecule has 0 fully saturated rings. The molecule has 0 radical (unpaired) electrons. The summed E-state index contributed by atoms with van der Waals surface area (Å²) < 4.78 is 75.8. The van der Waals surface area contributed by atoms with Crippen molar-refractivity contribution in [2.24, 2.45) is 0 Å². The van der Waals surface area contributed by atoms with Crippen LogP contribution in [0.25, 0.3) is 0 Å². The number of nitrogens with zero attached hydrogens (tertiary/aromatic N) is 1. The molecule has 134 valence electrons. The number of rotatable bonds is 3. The first-order valence-corrected chi connectivity index (χ1v) is 6.47. The van der Waals surface area contributed by atoms with Crippen LogP contribution in [-0.2, 0) is 16.0 Å². The average Bonchev–Trinajstić information content (AvgIpc) is 2.38. The number of halogens is 6. The Labute approximate surface area is 132 Å². The summed E-state index contributed by atoms with van der Waals surface area (Å²) >= 11 is 0. The number of carbonyl (C=O) groups is 2. The molecule has 0 saturated carbocycles. The van der Waals surface area contributed by atoms with Crippen molar-refractivity contribution in [3.63, 3.8) is 0 Å². The van der Waals surface area contributed by atoms with Gasteiger partial charge in [-0.15, -0.1) is 0 Å². The first kappa shape index (κ1) is 19.8. The fourth-order valence-corrected chi connectivity index (χ4v) is 2.09. The van der Waals surface area contributed by atoms with E-state index in [1.807, 2.05) is 0 Å². The Morgan fingerprint density at radius 1 is 0.917 bits per heavy atom. The van der Waals surface area contributed by atoms with E-state index in [0.29, 0.717) is 0 Å². The lowest BCUT2D eigenvalue weighted by atomic mass is 9.92. The summed E-state index contributed by atoms with van der Waals surface area (Å²) in [6, 6.07) is 4.86. The highest BCUT2D eigenvalue weighted by Crippen LogP contribution is 2.32. The maximum absolute atomic E-state index is 12.6. The quantitative estimate of drug-likeness (QED) is 0.846. The molecule has 1 aromatic rings. The largest absolute Gasteiger partial charge is 0.508 e. The second kappa shape index (κ2) is 6.33. The van der Waals surface area contributed by atoms with E-state index in [1.165, 1.54) is 24.3 Å². The van der Waals surface area contributed by atoms with E-state index >= 15 is 0 Å². The smallest absolute Gasteiger partial charge is 0.471 e. The van der Waals surface area contributed by atoms with Gasteiger partial charge in [-0.05, 0) is 38.0 Å². The summed E-state index contributed by atoms with van der Waals surface area (Å²) in [5.74, 6) is -5.95. The van der Waals surface area contributed by atoms with Gasteiger partial charge >= 0.3 is 24.2 Å². The molecule has 10 heteroatoms. The molecule has 1 rings (SSSR count). The second-order valence-corrected chi connectivity index (χ2v) is 5.60. The molecule has 0 atom stereocenters. The lowest BCUT2D eigenvalue weighted by molar-refractivity contribution is -0.210. The zero-order valence-electron chi connectivity index (χ0n) is 12.5. The molecule has 1 N–H and O–H groups in total. The van der Waals surface area contributed by atoms with E-state index < -0.39 is 41.0 Å². The zero-order valence-corrected chi connectivity index (χ0v) is 12.5. The van der Waals surface area contributed by atoms with Crippen molar-refractivity contribution in [2.75, 3.05) is 0 Å². The van der Waals surface area contributed by atoms with E-state index in [2.05, 4.69) is 0 Å². The predicted octanol–water partition coefficient (Wildman–Crippen LogP) is 3.19. The molecule has 0 unspecified atom stereocenters. The third-order valence-electron chi connectivity index (χ3n) is 3.07. The van der Waals surface area contributed by atoms with Crippen molar-refractivity contribution in [1.29, 1.82) is 0 Å². The summed E-state index contributed by atoms with van der Waals surface area (Å²) in [6.07, 6.45) is -11.8. The van der Waals surface area contributed by atoms with E-state index in [9.17, 15) is 35.9 Å². The highest BCUT2D eigenvalue weighted by molar-refractivity contribution is 6.01. The molecule has 0 spiro atoms. The number of aromatic hydroxyl groups is 1. The maximum atomic E-state index is 12.6. The molecule has 0 aromatic heterocycles. The molecule has 0 heterocycles. The van der Waals surface area contributed by atoms with Crippen LogP contribution >= 0.6 is 0 Å². The first-order valence-electron chi connectivity index (χ1n) is 6.47. The molecule has 0 aliphatic carbocycles. The molecular formula is C14H13F6NO3. The normalized spacial score (nSPS) is 12.8. The Bertz CT molecular complexity index is 593. The Balaban J connectivity index is 3.27. The number of hydrogen-bond donors (Lipinski definition) is 1. The highest BCUT2D eigenvalue weighted by atomic mass is 19.4. The minimum Gasteiger partial charge on any atom is -0.508 e. The molecule has 0 bridgehead atoms. The number of amides is 2. The van der Waals surface area contributed by atoms with Crippen LogP contribution in [0, 0.1) is 0 Å². The van der Waals surface area contributed by atoms with Crippen LogP contribution in [0.3, 0.4) is 0 Å². The van der Waals surface area contributed by atoms with Crippen molar-refractivity contribution < 1.29 is 41.0 Å². The molecule has 0 aliphatic rings. The van der Waals surface area contributed by atoms with Crippen LogP contribution < -0.4 is 0 Å². The van der Waals surface area contributed by atoms with Gasteiger partial charge in [-0.3, -0.25) is 14.5 Å². The van der Waals surface area contributed by atoms with Gasteiger partial charge in [0.2, 0.25) is 0 Å². The third-order valence-corrected chi connectivity index (χ3v) is 3.07. The fraction of sp³-hybridized carbons (Fsp3) is 0.429. The molecule has 2 amide bonds. The molecule has 0 saturated heterocycles. The van der Waals surface area contributed by atoms with Gasteiger partial charge in [0, 0.05) is 5.54 Å². The summed E-state index contributed by atoms with van der Waals surface area (Å²) in [4.78, 5) is 21.9. The van der Waals surface area contributed by atoms with Crippen LogP contribution in [0.15, 0.2) is 24.3 Å². The Morgan fingerprint density at radius 3 is 1.62 bits per heavy atom. The number of phenolic OH excluding ortho intramolecular Hbond substituents is 1. The Morgan fingerprint density at radius 2 is 1.29 bits per heavy atom. The first-order chi connectivity index (χ1) is 10.7. The van der Waals surface area contributed by atoms with Gasteiger partial charge in [-0.2, -0.15) is 26.3 Å². The Hall–Kier alpha value is -2.26. The molecule has 24 heavy (non-hydrogen) atoms. The van der Waals surface area contributed by atoms with Crippen LogP contribution in [0.5, 0.6) is 5.75 Å². The van der Waals surface area contributed by atoms with Gasteiger partial charge in [0.25, 0.3) is 0 Å². The topological polar surface area (TPSA) is 57.6 Å². The molecule has 1 aromatic carbocycles. The minimum atomic E-state index is -5.65. The summed E-state index contributed by atoms with van der Waals surface area (Å²) in [6.45, 7) is 1.82. The van der Waals surface area contributed by atoms with Crippen molar-refractivity contribution in [3.05, 3.63) is 29.8 Å². The average molecular weight is 357 g/mol. The molecular weight excluding hydrogens is 344 g/mol. The second-order valence-electron chi connectivity index (χ2n) is 5.60. The standard InChI is InChI=1S/C14H13F6NO3/c1-12(2,7-8-3-5-9(22)6-4-8)21(10(23)13(15,16)17)11(24)14(18,19)20/h3-6,22H,7H2,1-2H3. The lowest BCUT2D eigenvalue weighted by Crippen LogP contribution is -2.59. The Kier molecular flexibility index (Phi) is 5.22. The molecule has 0 aliphatic heterocycles. The number of alkyl halides is 6. The minimum absolute atomic E-state index is 0.161. The van der Waals surface area contributed by atoms with E-state index in [-0.39, 0.29) is 11.3 Å². The lowest BCUT2D eigenvalue weighted by Gasteiger charge is -2.37. The van der Waals surface area contributed by atoms with Gasteiger partial charge in [-0.25, -0.2) is 0 Å². The molecule has 4 nitrogen and oxygen atoms in total. The number of phenols is 1. The maximum Gasteiger partial charge on any atom is 0.471 e. The van der Waals surface area contributed by atoms with Gasteiger partial charge in [0.1, 0.15) is 5.75 Å². The number of benzene rings is 1. The fourth-order valence-electron chi connectivity index (χ4n) is 2.09. The van der Waals surface area contributed by atoms with Gasteiger partial charge in [-0.1, -0.05) is 12.1 Å². The van der Waals surface area contributed by atoms with Gasteiger partial charge in [0.05, 0.1) is 0 Å². The van der Waals surface area contributed by atoms with E-state index in [0.717, 1.165) is 13.8 Å². The summed E-state index contributed by atoms with van der Waals surface area (Å²) in [5.41, 5.74) is -1.89. The van der Waals surface area contributed by atoms with Gasteiger partial charge in [0.15, 0.2) is 0 Å². The number of hydrogen-bond acceptors (Lipinski definition) is 3. The summed E-state index contributed by atoms with van der Waals surface area (Å²) in [5, 5.41) is 9.14. The van der Waals surface area contributed by atoms with Crippen LogP contribution in [0.1, 0.15) is 19.4 Å². The highest BCUT2D eigenvalue weighted by Gasteiger charge is 2.56. The summed E-state index contributed by atoms with van der Waals surface area (Å²) in [7, 11) is 0. The van der Waals surface area contributed by atoms with Crippen LogP contribution in [0.4, 0.5) is 26.3 Å².